The van der Waals surface area contributed by atoms with E-state index in [1.54, 1.807) is 24.5 Å². The van der Waals surface area contributed by atoms with Crippen molar-refractivity contribution in [3.63, 3.8) is 0 Å². The van der Waals surface area contributed by atoms with Gasteiger partial charge in [0.25, 0.3) is 0 Å². The number of hydrogen-bond acceptors (Lipinski definition) is 7. The van der Waals surface area contributed by atoms with Gasteiger partial charge in [-0.3, -0.25) is 14.5 Å². The van der Waals surface area contributed by atoms with Gasteiger partial charge in [0.05, 0.1) is 11.5 Å². The lowest BCUT2D eigenvalue weighted by Gasteiger charge is -2.37. The van der Waals surface area contributed by atoms with Gasteiger partial charge in [-0.05, 0) is 65.1 Å². The third-order valence-electron chi connectivity index (χ3n) is 10.6. The Morgan fingerprint density at radius 2 is 1.26 bits per heavy atom. The van der Waals surface area contributed by atoms with Gasteiger partial charge < -0.3 is 20.0 Å². The first-order valence-electron chi connectivity index (χ1n) is 19.3. The van der Waals surface area contributed by atoms with E-state index >= 15 is 0 Å². The van der Waals surface area contributed by atoms with Crippen LogP contribution in [-0.4, -0.2) is 83.9 Å². The van der Waals surface area contributed by atoms with Crippen LogP contribution in [0.2, 0.25) is 0 Å². The van der Waals surface area contributed by atoms with E-state index in [1.807, 2.05) is 77.7 Å². The Morgan fingerprint density at radius 3 is 1.88 bits per heavy atom. The van der Waals surface area contributed by atoms with E-state index in [9.17, 15) is 22.8 Å². The zero-order valence-electron chi connectivity index (χ0n) is 31.7. The fraction of sp³-hybridized carbons (Fsp3) is 0.289. The number of piperazine rings is 2. The summed E-state index contributed by atoms with van der Waals surface area (Å²) in [5.74, 6) is -0.785. The standard InChI is InChI=1S/C45H46F3N7O2/c46-45(47,48)38-16-12-35(13-17-38)30-40(42(56)51-32-36-14-18-39(19-15-36)53-26-28-55(29-27-53)44-49-20-7-21-50-44)41(31-34-8-3-1-4-9-34)43(57)54-24-22-52(23-25-54)33-37-10-5-2-6-11-37/h1-21,30,41H,22-29,31-33H2,(H,51,56)/t41-/m0/s1. The summed E-state index contributed by atoms with van der Waals surface area (Å²) in [6, 6.07) is 34.2. The number of carbonyl (C=O) groups excluding carboxylic acids is 2. The van der Waals surface area contributed by atoms with Gasteiger partial charge in [0.15, 0.2) is 0 Å². The van der Waals surface area contributed by atoms with Crippen molar-refractivity contribution >= 4 is 29.5 Å². The molecule has 2 saturated heterocycles. The minimum Gasteiger partial charge on any atom is -0.368 e. The Kier molecular flexibility index (Phi) is 12.6. The fourth-order valence-corrected chi connectivity index (χ4v) is 7.37. The molecule has 7 rings (SSSR count). The molecule has 12 heteroatoms. The summed E-state index contributed by atoms with van der Waals surface area (Å²) in [6.45, 7) is 6.53. The van der Waals surface area contributed by atoms with E-state index in [0.29, 0.717) is 31.7 Å². The fourth-order valence-electron chi connectivity index (χ4n) is 7.37. The number of hydrogen-bond donors (Lipinski definition) is 1. The zero-order valence-corrected chi connectivity index (χ0v) is 31.7. The second kappa shape index (κ2) is 18.3. The van der Waals surface area contributed by atoms with Gasteiger partial charge in [0, 0.05) is 89.1 Å². The van der Waals surface area contributed by atoms with E-state index in [-0.39, 0.29) is 24.4 Å². The van der Waals surface area contributed by atoms with Crippen LogP contribution in [-0.2, 0) is 35.3 Å². The molecule has 2 aliphatic rings. The van der Waals surface area contributed by atoms with Gasteiger partial charge in [-0.1, -0.05) is 84.9 Å². The average molecular weight is 774 g/mol. The molecule has 1 aromatic heterocycles. The molecule has 2 aliphatic heterocycles. The second-order valence-electron chi connectivity index (χ2n) is 14.4. The monoisotopic (exact) mass is 773 g/mol. The highest BCUT2D eigenvalue weighted by Crippen LogP contribution is 2.30. The van der Waals surface area contributed by atoms with Gasteiger partial charge in [0.1, 0.15) is 0 Å². The smallest absolute Gasteiger partial charge is 0.368 e. The maximum absolute atomic E-state index is 14.6. The molecule has 2 amide bonds. The number of nitrogens with one attached hydrogen (secondary N) is 1. The normalized spacial score (nSPS) is 16.0. The lowest BCUT2D eigenvalue weighted by Crippen LogP contribution is -2.51. The number of anilines is 2. The van der Waals surface area contributed by atoms with Crippen molar-refractivity contribution < 1.29 is 22.8 Å². The van der Waals surface area contributed by atoms with Crippen molar-refractivity contribution in [3.05, 3.63) is 161 Å². The number of carbonyl (C=O) groups is 2. The Labute approximate surface area is 331 Å². The van der Waals surface area contributed by atoms with E-state index < -0.39 is 23.6 Å². The molecule has 3 heterocycles. The highest BCUT2D eigenvalue weighted by atomic mass is 19.4. The number of amides is 2. The van der Waals surface area contributed by atoms with Crippen LogP contribution in [0.4, 0.5) is 24.8 Å². The molecule has 0 spiro atoms. The summed E-state index contributed by atoms with van der Waals surface area (Å²) in [7, 11) is 0. The molecular weight excluding hydrogens is 728 g/mol. The van der Waals surface area contributed by atoms with Crippen LogP contribution in [0.25, 0.3) is 6.08 Å². The van der Waals surface area contributed by atoms with Crippen LogP contribution < -0.4 is 15.1 Å². The molecule has 2 fully saturated rings. The van der Waals surface area contributed by atoms with Gasteiger partial charge in [-0.15, -0.1) is 0 Å². The van der Waals surface area contributed by atoms with Crippen LogP contribution in [0.5, 0.6) is 0 Å². The van der Waals surface area contributed by atoms with Gasteiger partial charge >= 0.3 is 6.18 Å². The molecule has 0 saturated carbocycles. The molecule has 57 heavy (non-hydrogen) atoms. The van der Waals surface area contributed by atoms with Crippen molar-refractivity contribution in [1.82, 2.24) is 25.1 Å². The van der Waals surface area contributed by atoms with Gasteiger partial charge in [-0.25, -0.2) is 9.97 Å². The van der Waals surface area contributed by atoms with Crippen molar-refractivity contribution in [2.45, 2.75) is 25.7 Å². The van der Waals surface area contributed by atoms with Crippen molar-refractivity contribution in [1.29, 1.82) is 0 Å². The van der Waals surface area contributed by atoms with Crippen molar-refractivity contribution in [2.24, 2.45) is 5.92 Å². The first-order chi connectivity index (χ1) is 27.7. The van der Waals surface area contributed by atoms with Crippen molar-refractivity contribution in [3.8, 4) is 0 Å². The molecule has 1 N–H and O–H groups in total. The van der Waals surface area contributed by atoms with Crippen molar-refractivity contribution in [2.75, 3.05) is 62.2 Å². The highest BCUT2D eigenvalue weighted by molar-refractivity contribution is 6.04. The van der Waals surface area contributed by atoms with E-state index in [1.165, 1.54) is 17.7 Å². The number of rotatable bonds is 12. The summed E-state index contributed by atoms with van der Waals surface area (Å²) >= 11 is 0. The minimum absolute atomic E-state index is 0.185. The van der Waals surface area contributed by atoms with Gasteiger partial charge in [-0.2, -0.15) is 13.2 Å². The van der Waals surface area contributed by atoms with Crippen LogP contribution in [0.1, 0.15) is 27.8 Å². The number of benzene rings is 4. The summed E-state index contributed by atoms with van der Waals surface area (Å²) in [5, 5.41) is 3.04. The molecule has 294 valence electrons. The quantitative estimate of drug-likeness (QED) is 0.141. The molecular formula is C45H46F3N7O2. The third-order valence-corrected chi connectivity index (χ3v) is 10.6. The number of nitrogens with zero attached hydrogens (tertiary/aromatic N) is 6. The molecule has 0 unspecified atom stereocenters. The van der Waals surface area contributed by atoms with E-state index in [0.717, 1.165) is 67.6 Å². The second-order valence-corrected chi connectivity index (χ2v) is 14.4. The molecule has 0 bridgehead atoms. The predicted octanol–water partition coefficient (Wildman–Crippen LogP) is 6.73. The van der Waals surface area contributed by atoms with Gasteiger partial charge in [0.2, 0.25) is 17.8 Å². The Hall–Kier alpha value is -6.01. The Balaban J connectivity index is 1.08. The zero-order chi connectivity index (χ0) is 39.6. The van der Waals surface area contributed by atoms with Crippen LogP contribution >= 0.6 is 0 Å². The Morgan fingerprint density at radius 1 is 0.667 bits per heavy atom. The summed E-state index contributed by atoms with van der Waals surface area (Å²) < 4.78 is 40.4. The first-order valence-corrected chi connectivity index (χ1v) is 19.3. The highest BCUT2D eigenvalue weighted by Gasteiger charge is 2.34. The van der Waals surface area contributed by atoms with E-state index in [2.05, 4.69) is 42.1 Å². The molecule has 1 atom stereocenters. The largest absolute Gasteiger partial charge is 0.416 e. The number of alkyl halides is 3. The average Bonchev–Trinajstić information content (AvgIpc) is 3.25. The molecule has 5 aromatic rings. The molecule has 0 radical (unpaired) electrons. The predicted molar refractivity (Wildman–Crippen MR) is 216 cm³/mol. The lowest BCUT2D eigenvalue weighted by molar-refractivity contribution is -0.138. The maximum atomic E-state index is 14.6. The van der Waals surface area contributed by atoms with Crippen LogP contribution in [0, 0.1) is 5.92 Å². The summed E-state index contributed by atoms with van der Waals surface area (Å²) in [4.78, 5) is 46.2. The maximum Gasteiger partial charge on any atom is 0.416 e. The Bertz CT molecular complexity index is 2080. The lowest BCUT2D eigenvalue weighted by atomic mass is 9.88. The third kappa shape index (κ3) is 10.4. The van der Waals surface area contributed by atoms with Crippen LogP contribution in [0.15, 0.2) is 133 Å². The summed E-state index contributed by atoms with van der Waals surface area (Å²) in [5.41, 5.74) is 3.83. The summed E-state index contributed by atoms with van der Waals surface area (Å²) in [6.07, 6.45) is 0.808. The number of halogens is 3. The van der Waals surface area contributed by atoms with E-state index in [4.69, 9.17) is 0 Å². The topological polar surface area (TPSA) is 84.9 Å². The van der Waals surface area contributed by atoms with Crippen LogP contribution in [0.3, 0.4) is 0 Å². The SMILES string of the molecule is O=C(NCc1ccc(N2CCN(c3ncccn3)CC2)cc1)C(=Cc1ccc(C(F)(F)F)cc1)[C@H](Cc1ccccc1)C(=O)N1CCN(Cc2ccccc2)CC1. The number of aromatic nitrogens is 2. The molecule has 4 aromatic carbocycles. The minimum atomic E-state index is -4.50. The molecule has 0 aliphatic carbocycles. The first kappa shape index (κ1) is 39.2. The molecule has 9 nitrogen and oxygen atoms in total.